The van der Waals surface area contributed by atoms with E-state index in [1.54, 1.807) is 30.3 Å². The van der Waals surface area contributed by atoms with E-state index in [9.17, 15) is 14.4 Å². The number of hydrogen-bond acceptors (Lipinski definition) is 4. The number of benzene rings is 2. The van der Waals surface area contributed by atoms with Crippen LogP contribution in [0.5, 0.6) is 0 Å². The number of fused-ring (bicyclic) bond motifs is 1. The fourth-order valence-electron chi connectivity index (χ4n) is 3.30. The Kier molecular flexibility index (Phi) is 5.30. The third-order valence-corrected chi connectivity index (χ3v) is 5.95. The Bertz CT molecular complexity index is 1160. The zero-order valence-corrected chi connectivity index (χ0v) is 17.2. The van der Waals surface area contributed by atoms with E-state index in [2.05, 4.69) is 4.57 Å². The molecule has 0 N–H and O–H groups in total. The number of hydrogen-bond donors (Lipinski definition) is 0. The molecule has 146 valence electrons. The fourth-order valence-corrected chi connectivity index (χ4v) is 4.26. The maximum atomic E-state index is 12.8. The third-order valence-electron chi connectivity index (χ3n) is 4.79. The van der Waals surface area contributed by atoms with E-state index in [-0.39, 0.29) is 12.3 Å². The van der Waals surface area contributed by atoms with Crippen molar-refractivity contribution in [3.8, 4) is 0 Å². The Labute approximate surface area is 176 Å². The van der Waals surface area contributed by atoms with Crippen molar-refractivity contribution in [2.75, 3.05) is 6.54 Å². The summed E-state index contributed by atoms with van der Waals surface area (Å²) in [5.74, 6) is -0.761. The zero-order chi connectivity index (χ0) is 20.5. The molecule has 1 aliphatic rings. The number of carbonyl (C=O) groups is 3. The average molecular weight is 425 g/mol. The molecule has 2 aromatic carbocycles. The SMILES string of the molecule is CCn1cc(/C=C2\SC(=O)N(CC(=O)c3ccc(Cl)cc3)C2=O)c2ccccc21. The number of imide groups is 1. The molecule has 1 fully saturated rings. The molecule has 0 bridgehead atoms. The normalized spacial score (nSPS) is 15.7. The molecule has 0 radical (unpaired) electrons. The molecule has 7 heteroatoms. The molecule has 0 spiro atoms. The molecule has 29 heavy (non-hydrogen) atoms. The Hall–Kier alpha value is -2.83. The number of thioether (sulfide) groups is 1. The highest BCUT2D eigenvalue weighted by molar-refractivity contribution is 8.18. The molecule has 1 aliphatic heterocycles. The van der Waals surface area contributed by atoms with Crippen molar-refractivity contribution < 1.29 is 14.4 Å². The van der Waals surface area contributed by atoms with Crippen LogP contribution in [-0.2, 0) is 11.3 Å². The number of ketones is 1. The second-order valence-electron chi connectivity index (χ2n) is 6.59. The smallest absolute Gasteiger partial charge is 0.293 e. The van der Waals surface area contributed by atoms with Crippen molar-refractivity contribution in [3.05, 3.63) is 75.8 Å². The number of aromatic nitrogens is 1. The molecular formula is C22H17ClN2O3S. The molecule has 5 nitrogen and oxygen atoms in total. The van der Waals surface area contributed by atoms with Gasteiger partial charge in [-0.1, -0.05) is 29.8 Å². The fraction of sp³-hybridized carbons (Fsp3) is 0.136. The summed E-state index contributed by atoms with van der Waals surface area (Å²) in [6.45, 7) is 2.55. The van der Waals surface area contributed by atoms with Crippen molar-refractivity contribution in [1.29, 1.82) is 0 Å². The second kappa shape index (κ2) is 7.89. The molecular weight excluding hydrogens is 408 g/mol. The van der Waals surface area contributed by atoms with Gasteiger partial charge < -0.3 is 4.57 Å². The number of Topliss-reactive ketones (excluding diaryl/α,β-unsaturated/α-hetero) is 1. The molecule has 0 aliphatic carbocycles. The van der Waals surface area contributed by atoms with Gasteiger partial charge in [-0.2, -0.15) is 0 Å². The van der Waals surface area contributed by atoms with Gasteiger partial charge in [-0.3, -0.25) is 19.3 Å². The van der Waals surface area contributed by atoms with Gasteiger partial charge in [0.2, 0.25) is 0 Å². The monoisotopic (exact) mass is 424 g/mol. The summed E-state index contributed by atoms with van der Waals surface area (Å²) in [7, 11) is 0. The van der Waals surface area contributed by atoms with Gasteiger partial charge in [-0.25, -0.2) is 0 Å². The molecule has 0 unspecified atom stereocenters. The van der Waals surface area contributed by atoms with E-state index in [1.807, 2.05) is 37.4 Å². The second-order valence-corrected chi connectivity index (χ2v) is 8.02. The number of rotatable bonds is 5. The largest absolute Gasteiger partial charge is 0.347 e. The van der Waals surface area contributed by atoms with Crippen LogP contribution in [0.25, 0.3) is 17.0 Å². The molecule has 0 saturated carbocycles. The molecule has 1 saturated heterocycles. The van der Waals surface area contributed by atoms with Gasteiger partial charge in [-0.05, 0) is 55.1 Å². The first-order valence-corrected chi connectivity index (χ1v) is 10.3. The van der Waals surface area contributed by atoms with Crippen LogP contribution < -0.4 is 0 Å². The Morgan fingerprint density at radius 1 is 1.10 bits per heavy atom. The van der Waals surface area contributed by atoms with E-state index in [0.717, 1.165) is 39.7 Å². The van der Waals surface area contributed by atoms with Crippen LogP contribution in [0, 0.1) is 0 Å². The molecule has 3 aromatic rings. The van der Waals surface area contributed by atoms with Gasteiger partial charge in [0, 0.05) is 39.8 Å². The Balaban J connectivity index is 1.60. The number of para-hydroxylation sites is 1. The van der Waals surface area contributed by atoms with Crippen molar-refractivity contribution in [2.24, 2.45) is 0 Å². The molecule has 2 heterocycles. The number of nitrogens with zero attached hydrogens (tertiary/aromatic N) is 2. The van der Waals surface area contributed by atoms with Crippen LogP contribution in [0.4, 0.5) is 4.79 Å². The minimum absolute atomic E-state index is 0.291. The van der Waals surface area contributed by atoms with Crippen molar-refractivity contribution >= 4 is 57.3 Å². The lowest BCUT2D eigenvalue weighted by Crippen LogP contribution is -2.33. The summed E-state index contributed by atoms with van der Waals surface area (Å²) < 4.78 is 2.09. The van der Waals surface area contributed by atoms with Crippen LogP contribution in [0.1, 0.15) is 22.8 Å². The van der Waals surface area contributed by atoms with Crippen molar-refractivity contribution in [1.82, 2.24) is 9.47 Å². The molecule has 4 rings (SSSR count). The molecule has 1 aromatic heterocycles. The predicted octanol–water partition coefficient (Wildman–Crippen LogP) is 5.23. The number of aryl methyl sites for hydroxylation is 1. The van der Waals surface area contributed by atoms with E-state index in [1.165, 1.54) is 0 Å². The molecule has 0 atom stereocenters. The minimum atomic E-state index is -0.448. The minimum Gasteiger partial charge on any atom is -0.347 e. The maximum Gasteiger partial charge on any atom is 0.293 e. The Morgan fingerprint density at radius 2 is 1.83 bits per heavy atom. The van der Waals surface area contributed by atoms with E-state index in [4.69, 9.17) is 11.6 Å². The zero-order valence-electron chi connectivity index (χ0n) is 15.6. The quantitative estimate of drug-likeness (QED) is 0.415. The summed E-state index contributed by atoms with van der Waals surface area (Å²) in [5.41, 5.74) is 2.35. The van der Waals surface area contributed by atoms with Crippen LogP contribution >= 0.6 is 23.4 Å². The number of carbonyl (C=O) groups excluding carboxylic acids is 3. The summed E-state index contributed by atoms with van der Waals surface area (Å²) >= 11 is 6.70. The standard InChI is InChI=1S/C22H17ClN2O3S/c1-2-24-12-15(17-5-3-4-6-18(17)24)11-20-21(27)25(22(28)29-20)13-19(26)14-7-9-16(23)10-8-14/h3-12H,2,13H2,1H3/b20-11-. The highest BCUT2D eigenvalue weighted by Crippen LogP contribution is 2.34. The highest BCUT2D eigenvalue weighted by Gasteiger charge is 2.36. The Morgan fingerprint density at radius 3 is 2.55 bits per heavy atom. The summed E-state index contributed by atoms with van der Waals surface area (Å²) in [6, 6.07) is 14.3. The lowest BCUT2D eigenvalue weighted by atomic mass is 10.1. The molecule has 2 amide bonds. The van der Waals surface area contributed by atoms with E-state index < -0.39 is 11.1 Å². The van der Waals surface area contributed by atoms with Crippen LogP contribution in [0.3, 0.4) is 0 Å². The van der Waals surface area contributed by atoms with Gasteiger partial charge >= 0.3 is 0 Å². The first kappa shape index (κ1) is 19.5. The van der Waals surface area contributed by atoms with E-state index in [0.29, 0.717) is 15.5 Å². The number of halogens is 1. The van der Waals surface area contributed by atoms with Crippen LogP contribution in [0.2, 0.25) is 5.02 Å². The highest BCUT2D eigenvalue weighted by atomic mass is 35.5. The van der Waals surface area contributed by atoms with Gasteiger partial charge in [-0.15, -0.1) is 0 Å². The number of amides is 2. The maximum absolute atomic E-state index is 12.8. The lowest BCUT2D eigenvalue weighted by molar-refractivity contribution is -0.122. The van der Waals surface area contributed by atoms with Gasteiger partial charge in [0.05, 0.1) is 11.4 Å². The summed E-state index contributed by atoms with van der Waals surface area (Å²) in [6.07, 6.45) is 3.70. The van der Waals surface area contributed by atoms with E-state index >= 15 is 0 Å². The van der Waals surface area contributed by atoms with Gasteiger partial charge in [0.25, 0.3) is 11.1 Å². The average Bonchev–Trinajstić information content (AvgIpc) is 3.21. The lowest BCUT2D eigenvalue weighted by Gasteiger charge is -2.11. The summed E-state index contributed by atoms with van der Waals surface area (Å²) in [4.78, 5) is 38.9. The van der Waals surface area contributed by atoms with Gasteiger partial charge in [0.15, 0.2) is 5.78 Å². The van der Waals surface area contributed by atoms with Crippen molar-refractivity contribution in [2.45, 2.75) is 13.5 Å². The van der Waals surface area contributed by atoms with Crippen LogP contribution in [0.15, 0.2) is 59.6 Å². The first-order chi connectivity index (χ1) is 14.0. The first-order valence-electron chi connectivity index (χ1n) is 9.10. The predicted molar refractivity (Wildman–Crippen MR) is 116 cm³/mol. The third kappa shape index (κ3) is 3.73. The van der Waals surface area contributed by atoms with Gasteiger partial charge in [0.1, 0.15) is 0 Å². The topological polar surface area (TPSA) is 59.4 Å². The van der Waals surface area contributed by atoms with Crippen LogP contribution in [-0.4, -0.2) is 32.9 Å². The van der Waals surface area contributed by atoms with Crippen molar-refractivity contribution in [3.63, 3.8) is 0 Å². The summed E-state index contributed by atoms with van der Waals surface area (Å²) in [5, 5.41) is 1.09.